The maximum atomic E-state index is 13.8. The fraction of sp³-hybridized carbons (Fsp3) is 0.481. The lowest BCUT2D eigenvalue weighted by Crippen LogP contribution is -2.48. The van der Waals surface area contributed by atoms with Gasteiger partial charge in [-0.25, -0.2) is 13.4 Å². The fourth-order valence-electron chi connectivity index (χ4n) is 4.66. The van der Waals surface area contributed by atoms with Crippen LogP contribution in [0.4, 0.5) is 5.13 Å². The van der Waals surface area contributed by atoms with Crippen molar-refractivity contribution >= 4 is 55.0 Å². The molecule has 1 saturated heterocycles. The maximum absolute atomic E-state index is 13.8. The molecule has 0 bridgehead atoms. The number of carbonyl (C=O) groups excluding carboxylic acids is 1. The Bertz CT molecular complexity index is 1350. The van der Waals surface area contributed by atoms with Crippen molar-refractivity contribution in [1.29, 1.82) is 0 Å². The lowest BCUT2D eigenvalue weighted by Gasteiger charge is -2.34. The number of ether oxygens (including phenoxy) is 2. The van der Waals surface area contributed by atoms with Crippen LogP contribution in [0.15, 0.2) is 47.4 Å². The van der Waals surface area contributed by atoms with Crippen molar-refractivity contribution in [3.63, 3.8) is 0 Å². The first-order valence-electron chi connectivity index (χ1n) is 12.9. The van der Waals surface area contributed by atoms with Gasteiger partial charge in [0.25, 0.3) is 5.91 Å². The number of para-hydroxylation sites is 1. The Morgan fingerprint density at radius 1 is 1.08 bits per heavy atom. The molecule has 4 rings (SSSR count). The van der Waals surface area contributed by atoms with E-state index in [2.05, 4.69) is 18.7 Å². The van der Waals surface area contributed by atoms with E-state index in [1.165, 1.54) is 27.8 Å². The Labute approximate surface area is 241 Å². The van der Waals surface area contributed by atoms with Gasteiger partial charge in [0.15, 0.2) is 5.13 Å². The molecule has 2 heterocycles. The van der Waals surface area contributed by atoms with Crippen molar-refractivity contribution < 1.29 is 22.7 Å². The molecule has 1 amide bonds. The number of sulfonamides is 1. The Kier molecular flexibility index (Phi) is 10.7. The second kappa shape index (κ2) is 13.4. The third kappa shape index (κ3) is 6.90. The summed E-state index contributed by atoms with van der Waals surface area (Å²) in [4.78, 5) is 22.6. The summed E-state index contributed by atoms with van der Waals surface area (Å²) in [5.41, 5.74) is 1.12. The molecular formula is C27H37ClN4O5S2. The van der Waals surface area contributed by atoms with Gasteiger partial charge in [0.1, 0.15) is 11.3 Å². The van der Waals surface area contributed by atoms with Crippen molar-refractivity contribution in [1.82, 2.24) is 14.2 Å². The van der Waals surface area contributed by atoms with Gasteiger partial charge in [-0.15, -0.1) is 12.4 Å². The van der Waals surface area contributed by atoms with Crippen LogP contribution in [0, 0.1) is 0 Å². The zero-order valence-electron chi connectivity index (χ0n) is 23.0. The molecule has 1 aromatic heterocycles. The van der Waals surface area contributed by atoms with Gasteiger partial charge in [-0.05, 0) is 63.3 Å². The molecule has 0 radical (unpaired) electrons. The minimum Gasteiger partial charge on any atom is -0.494 e. The first-order chi connectivity index (χ1) is 18.2. The monoisotopic (exact) mass is 596 g/mol. The van der Waals surface area contributed by atoms with Crippen LogP contribution in [-0.2, 0) is 14.8 Å². The second-order valence-electron chi connectivity index (χ2n) is 9.39. The van der Waals surface area contributed by atoms with Gasteiger partial charge in [-0.3, -0.25) is 9.69 Å². The van der Waals surface area contributed by atoms with E-state index in [0.29, 0.717) is 48.1 Å². The number of halogens is 1. The highest BCUT2D eigenvalue weighted by atomic mass is 35.5. The smallest absolute Gasteiger partial charge is 0.260 e. The number of amides is 1. The average Bonchev–Trinajstić information content (AvgIpc) is 3.34. The number of fused-ring (bicyclic) bond motifs is 1. The number of methoxy groups -OCH3 is 1. The van der Waals surface area contributed by atoms with E-state index in [4.69, 9.17) is 14.5 Å². The van der Waals surface area contributed by atoms with Gasteiger partial charge in [0, 0.05) is 31.7 Å². The summed E-state index contributed by atoms with van der Waals surface area (Å²) in [6, 6.07) is 11.9. The number of morpholine rings is 1. The number of rotatable bonds is 10. The number of nitrogens with zero attached hydrogens (tertiary/aromatic N) is 4. The van der Waals surface area contributed by atoms with E-state index in [9.17, 15) is 13.2 Å². The Hall–Kier alpha value is -2.28. The number of benzene rings is 2. The molecular weight excluding hydrogens is 560 g/mol. The standard InChI is InChI=1S/C27H36N4O5S2.ClH/c1-6-29(7-2)15-16-31(27-28-25-23(35-5)9-8-10-24(25)37-27)26(32)21-11-13-22(14-12-21)38(33,34)30-17-19(3)36-20(4)18-30;/h8-14,19-20H,6-7,15-18H2,1-5H3;1H. The molecule has 0 N–H and O–H groups in total. The normalized spacial score (nSPS) is 18.2. The van der Waals surface area contributed by atoms with Crippen molar-refractivity contribution in [2.24, 2.45) is 0 Å². The number of aromatic nitrogens is 1. The minimum absolute atomic E-state index is 0. The summed E-state index contributed by atoms with van der Waals surface area (Å²) < 4.78 is 40.1. The second-order valence-corrected chi connectivity index (χ2v) is 12.3. The SMILES string of the molecule is CCN(CC)CCN(C(=O)c1ccc(S(=O)(=O)N2CC(C)OC(C)C2)cc1)c1nc2c(OC)cccc2s1.Cl. The van der Waals surface area contributed by atoms with Gasteiger partial charge in [-0.2, -0.15) is 4.31 Å². The number of anilines is 1. The highest BCUT2D eigenvalue weighted by Crippen LogP contribution is 2.34. The number of likely N-dealkylation sites (N-methyl/N-ethyl adjacent to an activating group) is 1. The molecule has 12 heteroatoms. The van der Waals surface area contributed by atoms with Crippen LogP contribution in [0.2, 0.25) is 0 Å². The lowest BCUT2D eigenvalue weighted by molar-refractivity contribution is -0.0440. The molecule has 3 aromatic rings. The third-order valence-corrected chi connectivity index (χ3v) is 9.62. The van der Waals surface area contributed by atoms with Crippen LogP contribution in [0.3, 0.4) is 0 Å². The van der Waals surface area contributed by atoms with Crippen LogP contribution >= 0.6 is 23.7 Å². The lowest BCUT2D eigenvalue weighted by atomic mass is 10.2. The molecule has 0 aliphatic carbocycles. The predicted octanol–water partition coefficient (Wildman–Crippen LogP) is 4.51. The number of carbonyl (C=O) groups is 1. The zero-order valence-corrected chi connectivity index (χ0v) is 25.4. The number of hydrogen-bond donors (Lipinski definition) is 0. The van der Waals surface area contributed by atoms with Crippen LogP contribution in [0.25, 0.3) is 10.2 Å². The molecule has 9 nitrogen and oxygen atoms in total. The summed E-state index contributed by atoms with van der Waals surface area (Å²) in [7, 11) is -2.10. The molecule has 2 unspecified atom stereocenters. The Balaban J connectivity index is 0.00000420. The van der Waals surface area contributed by atoms with E-state index in [0.717, 1.165) is 17.8 Å². The Morgan fingerprint density at radius 3 is 2.31 bits per heavy atom. The summed E-state index contributed by atoms with van der Waals surface area (Å²) in [5.74, 6) is 0.426. The van der Waals surface area contributed by atoms with E-state index in [-0.39, 0.29) is 35.4 Å². The first kappa shape index (κ1) is 31.3. The van der Waals surface area contributed by atoms with Crippen molar-refractivity contribution in [3.05, 3.63) is 48.0 Å². The van der Waals surface area contributed by atoms with E-state index >= 15 is 0 Å². The highest BCUT2D eigenvalue weighted by Gasteiger charge is 2.32. The van der Waals surface area contributed by atoms with E-state index < -0.39 is 10.0 Å². The molecule has 2 atom stereocenters. The summed E-state index contributed by atoms with van der Waals surface area (Å²) in [6.07, 6.45) is -0.359. The average molecular weight is 597 g/mol. The molecule has 1 aliphatic heterocycles. The molecule has 0 saturated carbocycles. The molecule has 2 aromatic carbocycles. The quantitative estimate of drug-likeness (QED) is 0.340. The zero-order chi connectivity index (χ0) is 27.4. The van der Waals surface area contributed by atoms with E-state index in [1.807, 2.05) is 32.0 Å². The number of thiazole rings is 1. The first-order valence-corrected chi connectivity index (χ1v) is 15.2. The van der Waals surface area contributed by atoms with E-state index in [1.54, 1.807) is 24.1 Å². The van der Waals surface area contributed by atoms with Gasteiger partial charge in [-0.1, -0.05) is 31.3 Å². The van der Waals surface area contributed by atoms with Crippen molar-refractivity contribution in [3.8, 4) is 5.75 Å². The van der Waals surface area contributed by atoms with Crippen molar-refractivity contribution in [2.45, 2.75) is 44.8 Å². The minimum atomic E-state index is -3.70. The van der Waals surface area contributed by atoms with Gasteiger partial charge < -0.3 is 14.4 Å². The number of hydrogen-bond acceptors (Lipinski definition) is 8. The van der Waals surface area contributed by atoms with Crippen LogP contribution in [0.5, 0.6) is 5.75 Å². The van der Waals surface area contributed by atoms with Crippen molar-refractivity contribution in [2.75, 3.05) is 51.3 Å². The molecule has 0 spiro atoms. The van der Waals surface area contributed by atoms with Gasteiger partial charge >= 0.3 is 0 Å². The van der Waals surface area contributed by atoms with Gasteiger partial charge in [0.05, 0.1) is 28.9 Å². The molecule has 1 fully saturated rings. The molecule has 1 aliphatic rings. The topological polar surface area (TPSA) is 92.3 Å². The van der Waals surface area contributed by atoms with Crippen LogP contribution < -0.4 is 9.64 Å². The summed E-state index contributed by atoms with van der Waals surface area (Å²) in [5, 5.41) is 0.578. The van der Waals surface area contributed by atoms with Crippen LogP contribution in [-0.4, -0.2) is 87.1 Å². The van der Waals surface area contributed by atoms with Gasteiger partial charge in [0.2, 0.25) is 10.0 Å². The largest absolute Gasteiger partial charge is 0.494 e. The fourth-order valence-corrected chi connectivity index (χ4v) is 7.26. The summed E-state index contributed by atoms with van der Waals surface area (Å²) in [6.45, 7) is 11.4. The molecule has 214 valence electrons. The maximum Gasteiger partial charge on any atom is 0.260 e. The predicted molar refractivity (Wildman–Crippen MR) is 158 cm³/mol. The summed E-state index contributed by atoms with van der Waals surface area (Å²) >= 11 is 1.43. The van der Waals surface area contributed by atoms with Crippen LogP contribution in [0.1, 0.15) is 38.1 Å². The highest BCUT2D eigenvalue weighted by molar-refractivity contribution is 7.89. The molecule has 39 heavy (non-hydrogen) atoms. The Morgan fingerprint density at radius 2 is 1.72 bits per heavy atom. The third-order valence-electron chi connectivity index (χ3n) is 6.73.